The Morgan fingerprint density at radius 2 is 2.06 bits per heavy atom. The van der Waals surface area contributed by atoms with E-state index in [4.69, 9.17) is 9.47 Å². The first kappa shape index (κ1) is 14.2. The van der Waals surface area contributed by atoms with Crippen molar-refractivity contribution in [2.24, 2.45) is 0 Å². The summed E-state index contributed by atoms with van der Waals surface area (Å²) < 4.78 is 10.3. The molecule has 1 aromatic rings. The number of anilines is 1. The predicted molar refractivity (Wildman–Crippen MR) is 71.3 cm³/mol. The third kappa shape index (κ3) is 4.16. The summed E-state index contributed by atoms with van der Waals surface area (Å²) in [7, 11) is 3.18. The van der Waals surface area contributed by atoms with E-state index in [1.165, 1.54) is 0 Å². The standard InChI is InChI=1S/C13H20N2O3/c1-4-7-14-13(16)9-15-11-8-10(17-2)5-6-12(11)18-3/h5-6,8,15H,4,7,9H2,1-3H3,(H,14,16). The van der Waals surface area contributed by atoms with Crippen LogP contribution in [-0.4, -0.2) is 33.2 Å². The zero-order chi connectivity index (χ0) is 13.4. The molecule has 0 aliphatic heterocycles. The molecule has 0 aromatic heterocycles. The van der Waals surface area contributed by atoms with Crippen LogP contribution in [0.15, 0.2) is 18.2 Å². The zero-order valence-corrected chi connectivity index (χ0v) is 11.1. The van der Waals surface area contributed by atoms with Crippen molar-refractivity contribution in [2.45, 2.75) is 13.3 Å². The van der Waals surface area contributed by atoms with E-state index >= 15 is 0 Å². The summed E-state index contributed by atoms with van der Waals surface area (Å²) in [5, 5.41) is 5.83. The maximum absolute atomic E-state index is 11.5. The van der Waals surface area contributed by atoms with E-state index in [-0.39, 0.29) is 12.5 Å². The van der Waals surface area contributed by atoms with Gasteiger partial charge in [-0.25, -0.2) is 0 Å². The smallest absolute Gasteiger partial charge is 0.239 e. The van der Waals surface area contributed by atoms with Gasteiger partial charge < -0.3 is 20.1 Å². The van der Waals surface area contributed by atoms with Crippen molar-refractivity contribution in [1.82, 2.24) is 5.32 Å². The Labute approximate surface area is 107 Å². The molecule has 1 rings (SSSR count). The van der Waals surface area contributed by atoms with Crippen LogP contribution in [0.3, 0.4) is 0 Å². The number of ether oxygens (including phenoxy) is 2. The molecule has 0 aliphatic rings. The summed E-state index contributed by atoms with van der Waals surface area (Å²) in [4.78, 5) is 11.5. The van der Waals surface area contributed by atoms with Crippen molar-refractivity contribution >= 4 is 11.6 Å². The molecule has 2 N–H and O–H groups in total. The normalized spacial score (nSPS) is 9.72. The minimum Gasteiger partial charge on any atom is -0.497 e. The van der Waals surface area contributed by atoms with Gasteiger partial charge in [0.25, 0.3) is 0 Å². The SMILES string of the molecule is CCCNC(=O)CNc1cc(OC)ccc1OC. The fraction of sp³-hybridized carbons (Fsp3) is 0.462. The van der Waals surface area contributed by atoms with Gasteiger partial charge in [-0.3, -0.25) is 4.79 Å². The molecule has 0 saturated heterocycles. The van der Waals surface area contributed by atoms with Crippen LogP contribution in [0.4, 0.5) is 5.69 Å². The first-order valence-corrected chi connectivity index (χ1v) is 5.93. The van der Waals surface area contributed by atoms with E-state index in [1.807, 2.05) is 6.92 Å². The first-order chi connectivity index (χ1) is 8.71. The quantitative estimate of drug-likeness (QED) is 0.774. The van der Waals surface area contributed by atoms with E-state index in [0.717, 1.165) is 12.1 Å². The second kappa shape index (κ2) is 7.42. The van der Waals surface area contributed by atoms with Gasteiger partial charge >= 0.3 is 0 Å². The fourth-order valence-corrected chi connectivity index (χ4v) is 1.45. The van der Waals surface area contributed by atoms with E-state index in [2.05, 4.69) is 10.6 Å². The number of amides is 1. The van der Waals surface area contributed by atoms with Crippen molar-refractivity contribution in [1.29, 1.82) is 0 Å². The van der Waals surface area contributed by atoms with Crippen LogP contribution < -0.4 is 20.1 Å². The van der Waals surface area contributed by atoms with Gasteiger partial charge in [-0.05, 0) is 18.6 Å². The molecule has 0 atom stereocenters. The Morgan fingerprint density at radius 3 is 2.67 bits per heavy atom. The molecule has 100 valence electrons. The number of carbonyl (C=O) groups excluding carboxylic acids is 1. The molecular weight excluding hydrogens is 232 g/mol. The van der Waals surface area contributed by atoms with Gasteiger partial charge in [-0.1, -0.05) is 6.92 Å². The number of nitrogens with one attached hydrogen (secondary N) is 2. The first-order valence-electron chi connectivity index (χ1n) is 5.93. The lowest BCUT2D eigenvalue weighted by Crippen LogP contribution is -2.30. The molecule has 0 unspecified atom stereocenters. The second-order valence-corrected chi connectivity index (χ2v) is 3.77. The topological polar surface area (TPSA) is 59.6 Å². The molecule has 1 amide bonds. The third-order valence-corrected chi connectivity index (χ3v) is 2.42. The van der Waals surface area contributed by atoms with Crippen LogP contribution in [0.25, 0.3) is 0 Å². The van der Waals surface area contributed by atoms with E-state index in [9.17, 15) is 4.79 Å². The number of carbonyl (C=O) groups is 1. The molecule has 1 aromatic carbocycles. The number of benzene rings is 1. The van der Waals surface area contributed by atoms with Crippen LogP contribution in [-0.2, 0) is 4.79 Å². The lowest BCUT2D eigenvalue weighted by molar-refractivity contribution is -0.119. The third-order valence-electron chi connectivity index (χ3n) is 2.42. The Morgan fingerprint density at radius 1 is 1.28 bits per heavy atom. The number of hydrogen-bond donors (Lipinski definition) is 2. The molecule has 0 saturated carbocycles. The monoisotopic (exact) mass is 252 g/mol. The van der Waals surface area contributed by atoms with Gasteiger partial charge in [0, 0.05) is 12.6 Å². The summed E-state index contributed by atoms with van der Waals surface area (Å²) in [5.74, 6) is 1.35. The van der Waals surface area contributed by atoms with Gasteiger partial charge in [-0.15, -0.1) is 0 Å². The number of rotatable bonds is 7. The summed E-state index contributed by atoms with van der Waals surface area (Å²) in [5.41, 5.74) is 0.739. The average molecular weight is 252 g/mol. The average Bonchev–Trinajstić information content (AvgIpc) is 2.42. The van der Waals surface area contributed by atoms with Crippen molar-refractivity contribution in [2.75, 3.05) is 32.6 Å². The zero-order valence-electron chi connectivity index (χ0n) is 11.1. The lowest BCUT2D eigenvalue weighted by atomic mass is 10.2. The van der Waals surface area contributed by atoms with Crippen molar-refractivity contribution in [3.05, 3.63) is 18.2 Å². The molecule has 0 spiro atoms. The molecule has 5 nitrogen and oxygen atoms in total. The number of methoxy groups -OCH3 is 2. The number of hydrogen-bond acceptors (Lipinski definition) is 4. The summed E-state index contributed by atoms with van der Waals surface area (Å²) in [6.45, 7) is 2.91. The van der Waals surface area contributed by atoms with E-state index in [1.54, 1.807) is 32.4 Å². The lowest BCUT2D eigenvalue weighted by Gasteiger charge is -2.12. The van der Waals surface area contributed by atoms with Crippen LogP contribution >= 0.6 is 0 Å². The summed E-state index contributed by atoms with van der Waals surface area (Å²) in [6, 6.07) is 5.40. The molecule has 0 aliphatic carbocycles. The highest BCUT2D eigenvalue weighted by molar-refractivity contribution is 5.81. The Kier molecular flexibility index (Phi) is 5.84. The molecular formula is C13H20N2O3. The summed E-state index contributed by atoms with van der Waals surface area (Å²) >= 11 is 0. The van der Waals surface area contributed by atoms with Crippen LogP contribution in [0.5, 0.6) is 11.5 Å². The van der Waals surface area contributed by atoms with Crippen molar-refractivity contribution in [3.63, 3.8) is 0 Å². The van der Waals surface area contributed by atoms with Gasteiger partial charge in [0.2, 0.25) is 5.91 Å². The highest BCUT2D eigenvalue weighted by atomic mass is 16.5. The summed E-state index contributed by atoms with van der Waals surface area (Å²) in [6.07, 6.45) is 0.925. The van der Waals surface area contributed by atoms with Crippen LogP contribution in [0.2, 0.25) is 0 Å². The highest BCUT2D eigenvalue weighted by Gasteiger charge is 2.06. The molecule has 0 radical (unpaired) electrons. The Balaban J connectivity index is 2.62. The molecule has 5 heteroatoms. The van der Waals surface area contributed by atoms with Crippen LogP contribution in [0, 0.1) is 0 Å². The molecule has 0 heterocycles. The maximum Gasteiger partial charge on any atom is 0.239 e. The predicted octanol–water partition coefficient (Wildman–Crippen LogP) is 1.64. The largest absolute Gasteiger partial charge is 0.497 e. The minimum atomic E-state index is -0.0401. The Bertz CT molecular complexity index is 394. The van der Waals surface area contributed by atoms with Gasteiger partial charge in [0.15, 0.2) is 0 Å². The molecule has 18 heavy (non-hydrogen) atoms. The van der Waals surface area contributed by atoms with Crippen molar-refractivity contribution in [3.8, 4) is 11.5 Å². The highest BCUT2D eigenvalue weighted by Crippen LogP contribution is 2.28. The molecule has 0 bridgehead atoms. The van der Waals surface area contributed by atoms with Gasteiger partial charge in [-0.2, -0.15) is 0 Å². The van der Waals surface area contributed by atoms with Crippen molar-refractivity contribution < 1.29 is 14.3 Å². The Hall–Kier alpha value is -1.91. The minimum absolute atomic E-state index is 0.0401. The van der Waals surface area contributed by atoms with E-state index < -0.39 is 0 Å². The second-order valence-electron chi connectivity index (χ2n) is 3.77. The fourth-order valence-electron chi connectivity index (χ4n) is 1.45. The maximum atomic E-state index is 11.5. The van der Waals surface area contributed by atoms with Crippen LogP contribution in [0.1, 0.15) is 13.3 Å². The van der Waals surface area contributed by atoms with Gasteiger partial charge in [0.1, 0.15) is 11.5 Å². The van der Waals surface area contributed by atoms with E-state index in [0.29, 0.717) is 18.0 Å². The molecule has 0 fully saturated rings. The van der Waals surface area contributed by atoms with Gasteiger partial charge in [0.05, 0.1) is 26.5 Å².